The highest BCUT2D eigenvalue weighted by atomic mass is 16.5. The van der Waals surface area contributed by atoms with Crippen LogP contribution in [0.2, 0.25) is 0 Å². The zero-order valence-electron chi connectivity index (χ0n) is 10.5. The Morgan fingerprint density at radius 1 is 1.33 bits per heavy atom. The summed E-state index contributed by atoms with van der Waals surface area (Å²) >= 11 is 0. The van der Waals surface area contributed by atoms with E-state index in [1.165, 1.54) is 11.1 Å². The molecule has 1 saturated heterocycles. The molecule has 1 N–H and O–H groups in total. The molecule has 1 aromatic carbocycles. The van der Waals surface area contributed by atoms with E-state index >= 15 is 0 Å². The van der Waals surface area contributed by atoms with Gasteiger partial charge in [-0.05, 0) is 30.9 Å². The number of hydrogen-bond acceptors (Lipinski definition) is 3. The molecule has 1 aromatic rings. The lowest BCUT2D eigenvalue weighted by molar-refractivity contribution is -0.0943. The molecule has 3 nitrogen and oxygen atoms in total. The Morgan fingerprint density at radius 3 is 2.39 bits per heavy atom. The van der Waals surface area contributed by atoms with Crippen molar-refractivity contribution in [1.82, 2.24) is 0 Å². The number of aliphatic hydroxyl groups is 1. The molecule has 0 amide bonds. The Kier molecular flexibility index (Phi) is 2.48. The molecule has 0 spiro atoms. The summed E-state index contributed by atoms with van der Waals surface area (Å²) in [6.07, 6.45) is 1.54. The van der Waals surface area contributed by atoms with Gasteiger partial charge in [-0.2, -0.15) is 5.26 Å². The average molecular weight is 243 g/mol. The Bertz CT molecular complexity index is 494. The summed E-state index contributed by atoms with van der Waals surface area (Å²) in [6.45, 7) is 2.41. The van der Waals surface area contributed by atoms with E-state index < -0.39 is 11.0 Å². The molecule has 18 heavy (non-hydrogen) atoms. The molecule has 0 aromatic heterocycles. The van der Waals surface area contributed by atoms with Crippen molar-refractivity contribution in [3.63, 3.8) is 0 Å². The fourth-order valence-electron chi connectivity index (χ4n) is 3.46. The van der Waals surface area contributed by atoms with E-state index in [2.05, 4.69) is 18.2 Å². The number of rotatable bonds is 1. The van der Waals surface area contributed by atoms with Crippen molar-refractivity contribution in [2.75, 3.05) is 6.61 Å². The second-order valence-corrected chi connectivity index (χ2v) is 5.50. The minimum absolute atomic E-state index is 0.272. The minimum Gasteiger partial charge on any atom is -0.385 e. The van der Waals surface area contributed by atoms with Gasteiger partial charge >= 0.3 is 0 Å². The first-order valence-corrected chi connectivity index (χ1v) is 6.43. The molecule has 2 aliphatic rings. The van der Waals surface area contributed by atoms with E-state index in [1.54, 1.807) is 0 Å². The largest absolute Gasteiger partial charge is 0.385 e. The summed E-state index contributed by atoms with van der Waals surface area (Å²) in [5.41, 5.74) is 0.617. The van der Waals surface area contributed by atoms with Crippen LogP contribution in [-0.4, -0.2) is 23.4 Å². The zero-order chi connectivity index (χ0) is 12.8. The molecule has 3 rings (SSSR count). The lowest BCUT2D eigenvalue weighted by atomic mass is 9.67. The minimum atomic E-state index is -1.03. The Hall–Kier alpha value is -1.37. The van der Waals surface area contributed by atoms with Gasteiger partial charge in [0, 0.05) is 13.0 Å². The molecule has 2 atom stereocenters. The second-order valence-electron chi connectivity index (χ2n) is 5.50. The van der Waals surface area contributed by atoms with Crippen molar-refractivity contribution in [1.29, 1.82) is 5.26 Å². The van der Waals surface area contributed by atoms with E-state index in [0.717, 1.165) is 0 Å². The van der Waals surface area contributed by atoms with E-state index in [9.17, 15) is 10.4 Å². The molecular weight excluding hydrogens is 226 g/mol. The van der Waals surface area contributed by atoms with Crippen LogP contribution in [0.25, 0.3) is 0 Å². The first-order valence-electron chi connectivity index (χ1n) is 6.43. The molecule has 2 unspecified atom stereocenters. The van der Waals surface area contributed by atoms with Gasteiger partial charge in [0.2, 0.25) is 0 Å². The van der Waals surface area contributed by atoms with E-state index in [0.29, 0.717) is 25.9 Å². The maximum Gasteiger partial charge on any atom is 0.112 e. The normalized spacial score (nSPS) is 33.1. The van der Waals surface area contributed by atoms with Crippen LogP contribution in [0.5, 0.6) is 0 Å². The van der Waals surface area contributed by atoms with Gasteiger partial charge in [0.05, 0.1) is 17.6 Å². The Labute approximate surface area is 107 Å². The topological polar surface area (TPSA) is 53.2 Å². The molecule has 0 bridgehead atoms. The Morgan fingerprint density at radius 2 is 1.94 bits per heavy atom. The van der Waals surface area contributed by atoms with Gasteiger partial charge in [-0.15, -0.1) is 0 Å². The third kappa shape index (κ3) is 1.36. The first kappa shape index (κ1) is 11.7. The summed E-state index contributed by atoms with van der Waals surface area (Å²) in [5.74, 6) is 0. The number of fused-ring (bicyclic) bond motifs is 1. The van der Waals surface area contributed by atoms with E-state index in [1.807, 2.05) is 19.1 Å². The van der Waals surface area contributed by atoms with Crippen LogP contribution in [0.4, 0.5) is 0 Å². The van der Waals surface area contributed by atoms with Crippen LogP contribution in [-0.2, 0) is 17.6 Å². The van der Waals surface area contributed by atoms with Crippen LogP contribution >= 0.6 is 0 Å². The summed E-state index contributed by atoms with van der Waals surface area (Å²) in [5, 5.41) is 20.6. The molecule has 0 saturated carbocycles. The SMILES string of the molecule is CC1OCCC1(O)C1(C#N)Cc2ccccc2C1. The lowest BCUT2D eigenvalue weighted by Gasteiger charge is -2.39. The Balaban J connectivity index is 2.03. The molecule has 1 heterocycles. The smallest absolute Gasteiger partial charge is 0.112 e. The van der Waals surface area contributed by atoms with Crippen LogP contribution in [0.1, 0.15) is 24.5 Å². The van der Waals surface area contributed by atoms with Crippen LogP contribution in [0.15, 0.2) is 24.3 Å². The fraction of sp³-hybridized carbons (Fsp3) is 0.533. The molecule has 94 valence electrons. The molecule has 1 aliphatic heterocycles. The summed E-state index contributed by atoms with van der Waals surface area (Å²) < 4.78 is 5.51. The number of ether oxygens (including phenoxy) is 1. The predicted octanol–water partition coefficient (Wildman–Crippen LogP) is 1.84. The van der Waals surface area contributed by atoms with Crippen LogP contribution in [0.3, 0.4) is 0 Å². The van der Waals surface area contributed by atoms with Gasteiger partial charge in [0.15, 0.2) is 0 Å². The highest BCUT2D eigenvalue weighted by Gasteiger charge is 2.59. The third-order valence-electron chi connectivity index (χ3n) is 4.67. The number of nitriles is 1. The quantitative estimate of drug-likeness (QED) is 0.818. The maximum absolute atomic E-state index is 10.9. The molecule has 1 fully saturated rings. The maximum atomic E-state index is 10.9. The summed E-state index contributed by atoms with van der Waals surface area (Å²) in [7, 11) is 0. The van der Waals surface area contributed by atoms with Crippen molar-refractivity contribution in [2.24, 2.45) is 5.41 Å². The average Bonchev–Trinajstić information content (AvgIpc) is 2.92. The van der Waals surface area contributed by atoms with Crippen molar-refractivity contribution in [2.45, 2.75) is 37.9 Å². The number of nitrogens with zero attached hydrogens (tertiary/aromatic N) is 1. The van der Waals surface area contributed by atoms with Crippen molar-refractivity contribution < 1.29 is 9.84 Å². The van der Waals surface area contributed by atoms with E-state index in [-0.39, 0.29) is 6.10 Å². The van der Waals surface area contributed by atoms with Gasteiger partial charge in [0.1, 0.15) is 5.60 Å². The van der Waals surface area contributed by atoms with Gasteiger partial charge in [-0.3, -0.25) is 0 Å². The standard InChI is InChI=1S/C15H17NO2/c1-11-15(17,6-7-18-11)14(10-16)8-12-4-2-3-5-13(12)9-14/h2-5,11,17H,6-9H2,1H3. The van der Waals surface area contributed by atoms with Crippen LogP contribution < -0.4 is 0 Å². The monoisotopic (exact) mass is 243 g/mol. The number of hydrogen-bond donors (Lipinski definition) is 1. The lowest BCUT2D eigenvalue weighted by Crippen LogP contribution is -2.53. The third-order valence-corrected chi connectivity index (χ3v) is 4.67. The van der Waals surface area contributed by atoms with E-state index in [4.69, 9.17) is 4.74 Å². The zero-order valence-corrected chi connectivity index (χ0v) is 10.5. The van der Waals surface area contributed by atoms with Gasteiger partial charge in [-0.1, -0.05) is 24.3 Å². The molecule has 1 aliphatic carbocycles. The van der Waals surface area contributed by atoms with Crippen LogP contribution in [0, 0.1) is 16.7 Å². The van der Waals surface area contributed by atoms with Gasteiger partial charge < -0.3 is 9.84 Å². The molecular formula is C15H17NO2. The fourth-order valence-corrected chi connectivity index (χ4v) is 3.46. The van der Waals surface area contributed by atoms with Crippen molar-refractivity contribution >= 4 is 0 Å². The molecule has 0 radical (unpaired) electrons. The summed E-state index contributed by atoms with van der Waals surface area (Å²) in [4.78, 5) is 0. The highest BCUT2D eigenvalue weighted by Crippen LogP contribution is 2.50. The second kappa shape index (κ2) is 3.81. The number of benzene rings is 1. The van der Waals surface area contributed by atoms with Gasteiger partial charge in [-0.25, -0.2) is 0 Å². The first-order chi connectivity index (χ1) is 8.61. The summed E-state index contributed by atoms with van der Waals surface area (Å²) in [6, 6.07) is 10.5. The van der Waals surface area contributed by atoms with Crippen molar-refractivity contribution in [3.8, 4) is 6.07 Å². The van der Waals surface area contributed by atoms with Gasteiger partial charge in [0.25, 0.3) is 0 Å². The molecule has 3 heteroatoms. The predicted molar refractivity (Wildman–Crippen MR) is 66.9 cm³/mol. The van der Waals surface area contributed by atoms with Crippen molar-refractivity contribution in [3.05, 3.63) is 35.4 Å². The highest BCUT2D eigenvalue weighted by molar-refractivity contribution is 5.40.